The van der Waals surface area contributed by atoms with Crippen molar-refractivity contribution in [3.63, 3.8) is 0 Å². The molecule has 0 bridgehead atoms. The maximum atomic E-state index is 11.6. The Morgan fingerprint density at radius 2 is 1.64 bits per heavy atom. The minimum Gasteiger partial charge on any atom is -0.299 e. The van der Waals surface area contributed by atoms with E-state index >= 15 is 0 Å². The highest BCUT2D eigenvalue weighted by molar-refractivity contribution is 5.83. The highest BCUT2D eigenvalue weighted by atomic mass is 16.1. The van der Waals surface area contributed by atoms with Gasteiger partial charge < -0.3 is 0 Å². The number of carbonyl (C=O) groups excluding carboxylic acids is 1. The van der Waals surface area contributed by atoms with Gasteiger partial charge in [0.15, 0.2) is 0 Å². The monoisotopic (exact) mass is 340 g/mol. The van der Waals surface area contributed by atoms with Gasteiger partial charge in [-0.05, 0) is 60.6 Å². The summed E-state index contributed by atoms with van der Waals surface area (Å²) in [5.74, 6) is 2.16. The summed E-state index contributed by atoms with van der Waals surface area (Å²) in [5.41, 5.74) is 4.29. The molecule has 0 amide bonds. The van der Waals surface area contributed by atoms with Crippen molar-refractivity contribution in [2.24, 2.45) is 5.92 Å². The van der Waals surface area contributed by atoms with Crippen molar-refractivity contribution in [1.29, 1.82) is 0 Å². The molecule has 2 aliphatic carbocycles. The van der Waals surface area contributed by atoms with Crippen LogP contribution in [-0.4, -0.2) is 5.78 Å². The number of rotatable bonds is 8. The molecule has 0 saturated heterocycles. The summed E-state index contributed by atoms with van der Waals surface area (Å²) < 4.78 is 0. The van der Waals surface area contributed by atoms with Crippen molar-refractivity contribution < 1.29 is 4.79 Å². The molecular weight excluding hydrogens is 304 g/mol. The van der Waals surface area contributed by atoms with Crippen molar-refractivity contribution >= 4 is 5.78 Å². The number of aryl methyl sites for hydroxylation is 1. The summed E-state index contributed by atoms with van der Waals surface area (Å²) in [7, 11) is 0. The van der Waals surface area contributed by atoms with E-state index in [1.807, 2.05) is 0 Å². The molecule has 0 atom stereocenters. The third-order valence-electron chi connectivity index (χ3n) is 6.58. The van der Waals surface area contributed by atoms with E-state index in [0.717, 1.165) is 24.7 Å². The lowest BCUT2D eigenvalue weighted by molar-refractivity contribution is -0.118. The van der Waals surface area contributed by atoms with Crippen molar-refractivity contribution in [3.8, 4) is 0 Å². The smallest absolute Gasteiger partial charge is 0.137 e. The first kappa shape index (κ1) is 18.7. The van der Waals surface area contributed by atoms with Gasteiger partial charge in [-0.25, -0.2) is 0 Å². The molecule has 25 heavy (non-hydrogen) atoms. The van der Waals surface area contributed by atoms with Crippen molar-refractivity contribution in [1.82, 2.24) is 0 Å². The Balaban J connectivity index is 1.41. The van der Waals surface area contributed by atoms with Gasteiger partial charge in [0.1, 0.15) is 5.78 Å². The maximum absolute atomic E-state index is 11.6. The van der Waals surface area contributed by atoms with E-state index in [1.165, 1.54) is 81.8 Å². The molecule has 138 valence electrons. The minimum absolute atomic E-state index is 0.412. The molecule has 2 aliphatic rings. The Morgan fingerprint density at radius 1 is 0.880 bits per heavy atom. The van der Waals surface area contributed by atoms with Crippen LogP contribution in [0.15, 0.2) is 18.2 Å². The predicted molar refractivity (Wildman–Crippen MR) is 106 cm³/mol. The Kier molecular flexibility index (Phi) is 7.13. The second kappa shape index (κ2) is 9.55. The third kappa shape index (κ3) is 5.43. The molecule has 0 unspecified atom stereocenters. The van der Waals surface area contributed by atoms with E-state index in [2.05, 4.69) is 25.1 Å². The molecule has 1 nitrogen and oxygen atoms in total. The average Bonchev–Trinajstić information content (AvgIpc) is 2.64. The number of hydrogen-bond acceptors (Lipinski definition) is 1. The quantitative estimate of drug-likeness (QED) is 0.477. The predicted octanol–water partition coefficient (Wildman–Crippen LogP) is 6.77. The van der Waals surface area contributed by atoms with Crippen LogP contribution in [0.4, 0.5) is 0 Å². The van der Waals surface area contributed by atoms with Crippen molar-refractivity contribution in [3.05, 3.63) is 34.9 Å². The first-order chi connectivity index (χ1) is 12.3. The normalized spacial score (nSPS) is 23.5. The fraction of sp³-hybridized carbons (Fsp3) is 0.708. The summed E-state index contributed by atoms with van der Waals surface area (Å²) in [5, 5.41) is 0. The van der Waals surface area contributed by atoms with Gasteiger partial charge in [-0.3, -0.25) is 4.79 Å². The lowest BCUT2D eigenvalue weighted by Crippen LogP contribution is -2.16. The fourth-order valence-corrected chi connectivity index (χ4v) is 4.88. The van der Waals surface area contributed by atoms with Gasteiger partial charge in [0.2, 0.25) is 0 Å². The number of hydrogen-bond donors (Lipinski definition) is 0. The molecule has 1 aromatic carbocycles. The van der Waals surface area contributed by atoms with Crippen molar-refractivity contribution in [2.75, 3.05) is 0 Å². The van der Waals surface area contributed by atoms with E-state index in [4.69, 9.17) is 0 Å². The van der Waals surface area contributed by atoms with Gasteiger partial charge in [0.25, 0.3) is 0 Å². The molecule has 1 fully saturated rings. The van der Waals surface area contributed by atoms with Crippen LogP contribution in [0.25, 0.3) is 0 Å². The van der Waals surface area contributed by atoms with Crippen LogP contribution in [0.2, 0.25) is 0 Å². The SMILES string of the molecule is CCCCCCCCC1CCC(c2ccc3c(c2)CCC(=O)C3)CC1. The number of Topliss-reactive ketones (excluding diaryl/α,β-unsaturated/α-hetero) is 1. The molecule has 0 aliphatic heterocycles. The van der Waals surface area contributed by atoms with Gasteiger partial charge in [-0.2, -0.15) is 0 Å². The van der Waals surface area contributed by atoms with Crippen LogP contribution in [0.1, 0.15) is 107 Å². The molecule has 1 heteroatoms. The number of fused-ring (bicyclic) bond motifs is 1. The van der Waals surface area contributed by atoms with E-state index in [1.54, 1.807) is 5.56 Å². The summed E-state index contributed by atoms with van der Waals surface area (Å²) in [4.78, 5) is 11.6. The zero-order valence-electron chi connectivity index (χ0n) is 16.2. The van der Waals surface area contributed by atoms with E-state index in [0.29, 0.717) is 12.2 Å². The Labute approximate surface area is 154 Å². The molecule has 0 aromatic heterocycles. The zero-order chi connectivity index (χ0) is 17.5. The minimum atomic E-state index is 0.412. The van der Waals surface area contributed by atoms with E-state index < -0.39 is 0 Å². The fourth-order valence-electron chi connectivity index (χ4n) is 4.88. The van der Waals surface area contributed by atoms with Gasteiger partial charge >= 0.3 is 0 Å². The summed E-state index contributed by atoms with van der Waals surface area (Å²) in [6, 6.07) is 6.99. The van der Waals surface area contributed by atoms with Gasteiger partial charge in [0.05, 0.1) is 0 Å². The van der Waals surface area contributed by atoms with Crippen LogP contribution in [0.3, 0.4) is 0 Å². The summed E-state index contributed by atoms with van der Waals surface area (Å²) >= 11 is 0. The number of benzene rings is 1. The van der Waals surface area contributed by atoms with Gasteiger partial charge in [-0.1, -0.05) is 70.1 Å². The lowest BCUT2D eigenvalue weighted by Gasteiger charge is -2.29. The van der Waals surface area contributed by atoms with Crippen LogP contribution < -0.4 is 0 Å². The molecule has 3 rings (SSSR count). The molecule has 0 heterocycles. The summed E-state index contributed by atoms with van der Waals surface area (Å²) in [6.45, 7) is 2.29. The Bertz CT molecular complexity index is 551. The second-order valence-corrected chi connectivity index (χ2v) is 8.52. The topological polar surface area (TPSA) is 17.1 Å². The van der Waals surface area contributed by atoms with Gasteiger partial charge in [0, 0.05) is 12.8 Å². The highest BCUT2D eigenvalue weighted by Crippen LogP contribution is 2.38. The first-order valence-electron chi connectivity index (χ1n) is 10.9. The Hall–Kier alpha value is -1.11. The highest BCUT2D eigenvalue weighted by Gasteiger charge is 2.23. The number of ketones is 1. The van der Waals surface area contributed by atoms with Crippen molar-refractivity contribution in [2.45, 2.75) is 103 Å². The first-order valence-corrected chi connectivity index (χ1v) is 10.9. The number of unbranched alkanes of at least 4 members (excludes halogenated alkanes) is 5. The van der Waals surface area contributed by atoms with Crippen LogP contribution in [-0.2, 0) is 17.6 Å². The zero-order valence-corrected chi connectivity index (χ0v) is 16.2. The van der Waals surface area contributed by atoms with Crippen LogP contribution >= 0.6 is 0 Å². The molecule has 1 aromatic rings. The lowest BCUT2D eigenvalue weighted by atomic mass is 9.76. The summed E-state index contributed by atoms with van der Waals surface area (Å²) in [6.07, 6.45) is 18.0. The molecule has 0 N–H and O–H groups in total. The Morgan fingerprint density at radius 3 is 2.44 bits per heavy atom. The third-order valence-corrected chi connectivity index (χ3v) is 6.58. The standard InChI is InChI=1S/C24H36O/c1-2-3-4-5-6-7-8-19-9-11-20(12-10-19)21-13-14-23-18-24(25)16-15-22(23)17-21/h13-14,17,19-20H,2-12,15-16,18H2,1H3. The van der Waals surface area contributed by atoms with Crippen LogP contribution in [0, 0.1) is 5.92 Å². The second-order valence-electron chi connectivity index (χ2n) is 8.52. The molecular formula is C24H36O. The van der Waals surface area contributed by atoms with Crippen LogP contribution in [0.5, 0.6) is 0 Å². The molecule has 1 saturated carbocycles. The van der Waals surface area contributed by atoms with E-state index in [9.17, 15) is 4.79 Å². The molecule has 0 spiro atoms. The average molecular weight is 341 g/mol. The number of carbonyl (C=O) groups is 1. The van der Waals surface area contributed by atoms with E-state index in [-0.39, 0.29) is 0 Å². The maximum Gasteiger partial charge on any atom is 0.137 e. The van der Waals surface area contributed by atoms with Gasteiger partial charge in [-0.15, -0.1) is 0 Å². The molecule has 0 radical (unpaired) electrons. The largest absolute Gasteiger partial charge is 0.299 e.